The Kier molecular flexibility index (Phi) is 5.16. The maximum absolute atomic E-state index is 12.4. The van der Waals surface area contributed by atoms with E-state index in [-0.39, 0.29) is 24.2 Å². The summed E-state index contributed by atoms with van der Waals surface area (Å²) in [5.74, 6) is -0.292. The molecule has 1 aliphatic heterocycles. The Morgan fingerprint density at radius 1 is 1.36 bits per heavy atom. The zero-order valence-electron chi connectivity index (χ0n) is 14.7. The van der Waals surface area contributed by atoms with Crippen molar-refractivity contribution in [2.45, 2.75) is 33.2 Å². The van der Waals surface area contributed by atoms with Crippen molar-refractivity contribution in [1.82, 2.24) is 14.9 Å². The van der Waals surface area contributed by atoms with Gasteiger partial charge in [-0.2, -0.15) is 0 Å². The zero-order valence-corrected chi connectivity index (χ0v) is 14.7. The molecule has 25 heavy (non-hydrogen) atoms. The van der Waals surface area contributed by atoms with E-state index in [1.54, 1.807) is 17.4 Å². The molecule has 1 N–H and O–H groups in total. The summed E-state index contributed by atoms with van der Waals surface area (Å²) in [5.41, 5.74) is 3.08. The molecular weight excluding hydrogens is 316 g/mol. The molecule has 1 fully saturated rings. The summed E-state index contributed by atoms with van der Waals surface area (Å²) in [4.78, 5) is 30.5. The summed E-state index contributed by atoms with van der Waals surface area (Å²) in [6.07, 6.45) is 6.52. The molecule has 2 amide bonds. The quantitative estimate of drug-likeness (QED) is 0.819. The lowest BCUT2D eigenvalue weighted by atomic mass is 10.1. The normalized spacial score (nSPS) is 17.1. The average Bonchev–Trinajstić information content (AvgIpc) is 3.23. The van der Waals surface area contributed by atoms with Crippen LogP contribution in [0.15, 0.2) is 36.9 Å². The molecule has 2 heterocycles. The molecular formula is C19H24N4O2. The zero-order chi connectivity index (χ0) is 17.8. The van der Waals surface area contributed by atoms with Crippen molar-refractivity contribution in [2.75, 3.05) is 18.0 Å². The molecule has 1 aromatic heterocycles. The van der Waals surface area contributed by atoms with Gasteiger partial charge in [0.05, 0.1) is 12.2 Å². The lowest BCUT2D eigenvalue weighted by Gasteiger charge is -2.19. The van der Waals surface area contributed by atoms with Crippen molar-refractivity contribution in [3.8, 4) is 0 Å². The molecule has 0 spiro atoms. The Balaban J connectivity index is 1.53. The summed E-state index contributed by atoms with van der Waals surface area (Å²) in [6, 6.07) is 6.06. The number of aromatic nitrogens is 2. The number of nitrogens with zero attached hydrogens (tertiary/aromatic N) is 3. The van der Waals surface area contributed by atoms with Crippen LogP contribution in [0.3, 0.4) is 0 Å². The van der Waals surface area contributed by atoms with Gasteiger partial charge in [-0.25, -0.2) is 4.98 Å². The number of carbonyl (C=O) groups is 2. The highest BCUT2D eigenvalue weighted by Crippen LogP contribution is 2.28. The van der Waals surface area contributed by atoms with Crippen LogP contribution in [0.25, 0.3) is 0 Å². The first-order valence-corrected chi connectivity index (χ1v) is 8.65. The fourth-order valence-corrected chi connectivity index (χ4v) is 3.16. The highest BCUT2D eigenvalue weighted by Gasteiger charge is 2.35. The Morgan fingerprint density at radius 2 is 2.20 bits per heavy atom. The topological polar surface area (TPSA) is 67.2 Å². The van der Waals surface area contributed by atoms with Crippen molar-refractivity contribution >= 4 is 17.5 Å². The van der Waals surface area contributed by atoms with Crippen LogP contribution >= 0.6 is 0 Å². The van der Waals surface area contributed by atoms with Gasteiger partial charge >= 0.3 is 0 Å². The second-order valence-corrected chi connectivity index (χ2v) is 6.64. The van der Waals surface area contributed by atoms with Crippen LogP contribution in [0.5, 0.6) is 0 Å². The molecule has 1 atom stereocenters. The number of hydrogen-bond donors (Lipinski definition) is 1. The van der Waals surface area contributed by atoms with Gasteiger partial charge in [0.15, 0.2) is 0 Å². The van der Waals surface area contributed by atoms with E-state index < -0.39 is 0 Å². The van der Waals surface area contributed by atoms with Gasteiger partial charge in [0.2, 0.25) is 11.8 Å². The summed E-state index contributed by atoms with van der Waals surface area (Å²) in [7, 11) is 0. The molecule has 2 aromatic rings. The van der Waals surface area contributed by atoms with Crippen LogP contribution in [0, 0.1) is 19.8 Å². The smallest absolute Gasteiger partial charge is 0.227 e. The molecule has 0 saturated carbocycles. The standard InChI is InChI=1S/C19H24N4O2/c1-14-4-5-15(2)17(10-14)23-12-16(11-18(23)24)19(25)21-6-3-8-22-9-7-20-13-22/h4-5,7,9-10,13,16H,3,6,8,11-12H2,1-2H3,(H,21,25). The molecule has 132 valence electrons. The second-order valence-electron chi connectivity index (χ2n) is 6.64. The molecule has 0 aliphatic carbocycles. The first-order chi connectivity index (χ1) is 12.0. The van der Waals surface area contributed by atoms with Gasteiger partial charge in [0, 0.05) is 44.1 Å². The monoisotopic (exact) mass is 340 g/mol. The van der Waals surface area contributed by atoms with E-state index in [1.165, 1.54) is 0 Å². The van der Waals surface area contributed by atoms with E-state index in [9.17, 15) is 9.59 Å². The number of carbonyl (C=O) groups excluding carboxylic acids is 2. The van der Waals surface area contributed by atoms with Crippen molar-refractivity contribution in [3.63, 3.8) is 0 Å². The molecule has 1 unspecified atom stereocenters. The third-order valence-corrected chi connectivity index (χ3v) is 4.60. The molecule has 1 aliphatic rings. The SMILES string of the molecule is Cc1ccc(C)c(N2CC(C(=O)NCCCn3ccnc3)CC2=O)c1. The van der Waals surface area contributed by atoms with E-state index in [2.05, 4.69) is 10.3 Å². The number of benzene rings is 1. The van der Waals surface area contributed by atoms with Crippen LogP contribution in [0.4, 0.5) is 5.69 Å². The van der Waals surface area contributed by atoms with Crippen LogP contribution < -0.4 is 10.2 Å². The van der Waals surface area contributed by atoms with E-state index in [1.807, 2.05) is 42.8 Å². The largest absolute Gasteiger partial charge is 0.356 e. The minimum atomic E-state index is -0.277. The highest BCUT2D eigenvalue weighted by molar-refractivity contribution is 6.00. The van der Waals surface area contributed by atoms with Gasteiger partial charge in [-0.15, -0.1) is 0 Å². The number of hydrogen-bond acceptors (Lipinski definition) is 3. The molecule has 6 heteroatoms. The van der Waals surface area contributed by atoms with Crippen LogP contribution in [-0.4, -0.2) is 34.5 Å². The third-order valence-electron chi connectivity index (χ3n) is 4.60. The first kappa shape index (κ1) is 17.2. The summed E-state index contributed by atoms with van der Waals surface area (Å²) in [6.45, 7) is 5.87. The summed E-state index contributed by atoms with van der Waals surface area (Å²) < 4.78 is 1.98. The number of anilines is 1. The van der Waals surface area contributed by atoms with Crippen molar-refractivity contribution in [1.29, 1.82) is 0 Å². The van der Waals surface area contributed by atoms with Crippen molar-refractivity contribution in [2.24, 2.45) is 5.92 Å². The van der Waals surface area contributed by atoms with Gasteiger partial charge in [-0.3, -0.25) is 9.59 Å². The lowest BCUT2D eigenvalue weighted by molar-refractivity contribution is -0.126. The van der Waals surface area contributed by atoms with Crippen LogP contribution in [0.1, 0.15) is 24.0 Å². The van der Waals surface area contributed by atoms with Gasteiger partial charge in [-0.05, 0) is 37.5 Å². The van der Waals surface area contributed by atoms with Gasteiger partial charge in [-0.1, -0.05) is 12.1 Å². The second kappa shape index (κ2) is 7.51. The van der Waals surface area contributed by atoms with E-state index in [4.69, 9.17) is 0 Å². The lowest BCUT2D eigenvalue weighted by Crippen LogP contribution is -2.34. The fourth-order valence-electron chi connectivity index (χ4n) is 3.16. The third kappa shape index (κ3) is 4.07. The number of rotatable bonds is 6. The van der Waals surface area contributed by atoms with Crippen molar-refractivity contribution < 1.29 is 9.59 Å². The van der Waals surface area contributed by atoms with Gasteiger partial charge in [0.25, 0.3) is 0 Å². The molecule has 3 rings (SSSR count). The van der Waals surface area contributed by atoms with Gasteiger partial charge in [0.1, 0.15) is 0 Å². The molecule has 1 aromatic carbocycles. The first-order valence-electron chi connectivity index (χ1n) is 8.65. The molecule has 1 saturated heterocycles. The van der Waals surface area contributed by atoms with E-state index >= 15 is 0 Å². The predicted molar refractivity (Wildman–Crippen MR) is 96.2 cm³/mol. The Bertz CT molecular complexity index is 755. The fraction of sp³-hybridized carbons (Fsp3) is 0.421. The van der Waals surface area contributed by atoms with Crippen LogP contribution in [-0.2, 0) is 16.1 Å². The summed E-state index contributed by atoms with van der Waals surface area (Å²) in [5, 5.41) is 2.95. The number of aryl methyl sites for hydroxylation is 3. The summed E-state index contributed by atoms with van der Waals surface area (Å²) >= 11 is 0. The maximum Gasteiger partial charge on any atom is 0.227 e. The highest BCUT2D eigenvalue weighted by atomic mass is 16.2. The van der Waals surface area contributed by atoms with E-state index in [0.717, 1.165) is 29.8 Å². The molecule has 6 nitrogen and oxygen atoms in total. The number of nitrogens with one attached hydrogen (secondary N) is 1. The van der Waals surface area contributed by atoms with Crippen molar-refractivity contribution in [3.05, 3.63) is 48.0 Å². The van der Waals surface area contributed by atoms with Gasteiger partial charge < -0.3 is 14.8 Å². The Labute approximate surface area is 147 Å². The number of imidazole rings is 1. The molecule has 0 bridgehead atoms. The minimum absolute atomic E-state index is 0.0206. The average molecular weight is 340 g/mol. The number of amides is 2. The Morgan fingerprint density at radius 3 is 2.96 bits per heavy atom. The Hall–Kier alpha value is -2.63. The maximum atomic E-state index is 12.4. The molecule has 0 radical (unpaired) electrons. The predicted octanol–water partition coefficient (Wildman–Crippen LogP) is 2.06. The van der Waals surface area contributed by atoms with Crippen LogP contribution in [0.2, 0.25) is 0 Å². The van der Waals surface area contributed by atoms with E-state index in [0.29, 0.717) is 13.1 Å². The minimum Gasteiger partial charge on any atom is -0.356 e.